The number of aromatic nitrogens is 3. The van der Waals surface area contributed by atoms with E-state index < -0.39 is 0 Å². The topological polar surface area (TPSA) is 69.4 Å². The van der Waals surface area contributed by atoms with Gasteiger partial charge in [0.05, 0.1) is 26.0 Å². The molecule has 1 heterocycles. The lowest BCUT2D eigenvalue weighted by Crippen LogP contribution is -2.08. The second-order valence-electron chi connectivity index (χ2n) is 3.88. The normalized spacial score (nSPS) is 10.4. The minimum Gasteiger partial charge on any atom is -0.494 e. The summed E-state index contributed by atoms with van der Waals surface area (Å²) >= 11 is 0. The molecular weight excluding hydrogens is 246 g/mol. The Hall–Kier alpha value is -2.08. The van der Waals surface area contributed by atoms with Crippen LogP contribution in [0.25, 0.3) is 0 Å². The molecule has 0 bridgehead atoms. The van der Waals surface area contributed by atoms with Gasteiger partial charge >= 0.3 is 0 Å². The van der Waals surface area contributed by atoms with Crippen LogP contribution >= 0.6 is 0 Å². The van der Waals surface area contributed by atoms with Crippen molar-refractivity contribution in [2.24, 2.45) is 0 Å². The van der Waals surface area contributed by atoms with Crippen LogP contribution < -0.4 is 9.47 Å². The Morgan fingerprint density at radius 2 is 1.84 bits per heavy atom. The highest BCUT2D eigenvalue weighted by atomic mass is 16.5. The summed E-state index contributed by atoms with van der Waals surface area (Å²) in [5.74, 6) is 1.62. The molecule has 1 N–H and O–H groups in total. The van der Waals surface area contributed by atoms with Gasteiger partial charge in [-0.05, 0) is 31.2 Å². The fourth-order valence-electron chi connectivity index (χ4n) is 1.58. The molecule has 0 atom stereocenters. The van der Waals surface area contributed by atoms with E-state index in [2.05, 4.69) is 10.3 Å². The van der Waals surface area contributed by atoms with Crippen LogP contribution in [0.4, 0.5) is 0 Å². The van der Waals surface area contributed by atoms with Crippen LogP contribution in [0.1, 0.15) is 12.6 Å². The van der Waals surface area contributed by atoms with Crippen LogP contribution in [0, 0.1) is 0 Å². The predicted octanol–water partition coefficient (Wildman–Crippen LogP) is 1.25. The first-order chi connectivity index (χ1) is 9.31. The van der Waals surface area contributed by atoms with Crippen molar-refractivity contribution >= 4 is 0 Å². The van der Waals surface area contributed by atoms with Crippen molar-refractivity contribution in [3.05, 3.63) is 36.2 Å². The summed E-state index contributed by atoms with van der Waals surface area (Å²) in [6.07, 6.45) is 1.70. The van der Waals surface area contributed by atoms with Gasteiger partial charge in [0.1, 0.15) is 23.8 Å². The smallest absolute Gasteiger partial charge is 0.119 e. The molecule has 6 heteroatoms. The highest BCUT2D eigenvalue weighted by Crippen LogP contribution is 2.17. The van der Waals surface area contributed by atoms with E-state index in [1.165, 1.54) is 0 Å². The second kappa shape index (κ2) is 6.75. The summed E-state index contributed by atoms with van der Waals surface area (Å²) < 4.78 is 12.6. The molecule has 0 fully saturated rings. The Kier molecular flexibility index (Phi) is 4.74. The minimum atomic E-state index is -0.0975. The maximum absolute atomic E-state index is 8.87. The lowest BCUT2D eigenvalue weighted by atomic mass is 10.3. The van der Waals surface area contributed by atoms with E-state index >= 15 is 0 Å². The molecule has 1 aromatic heterocycles. The third-order valence-corrected chi connectivity index (χ3v) is 2.47. The van der Waals surface area contributed by atoms with Crippen LogP contribution in [0.3, 0.4) is 0 Å². The maximum atomic E-state index is 8.87. The summed E-state index contributed by atoms with van der Waals surface area (Å²) in [5.41, 5.74) is 0.557. The van der Waals surface area contributed by atoms with E-state index in [4.69, 9.17) is 14.6 Å². The molecule has 0 amide bonds. The van der Waals surface area contributed by atoms with Gasteiger partial charge in [0.25, 0.3) is 0 Å². The molecule has 1 aromatic carbocycles. The van der Waals surface area contributed by atoms with Gasteiger partial charge < -0.3 is 14.6 Å². The molecule has 0 radical (unpaired) electrons. The fraction of sp³-hybridized carbons (Fsp3) is 0.385. The number of ether oxygens (including phenoxy) is 2. The molecule has 0 aliphatic heterocycles. The van der Waals surface area contributed by atoms with Gasteiger partial charge in [-0.2, -0.15) is 0 Å². The highest BCUT2D eigenvalue weighted by Gasteiger charge is 2.00. The largest absolute Gasteiger partial charge is 0.494 e. The van der Waals surface area contributed by atoms with Crippen LogP contribution in [0.5, 0.6) is 11.5 Å². The zero-order valence-corrected chi connectivity index (χ0v) is 10.8. The standard InChI is InChI=1S/C13H17N3O3/c1-2-18-12-3-5-13(6-4-12)19-8-7-16-9-11(10-17)14-15-16/h3-6,9,17H,2,7-8,10H2,1H3. The molecule has 19 heavy (non-hydrogen) atoms. The molecule has 0 spiro atoms. The molecule has 102 valence electrons. The monoisotopic (exact) mass is 263 g/mol. The van der Waals surface area contributed by atoms with Gasteiger partial charge in [-0.3, -0.25) is 0 Å². The van der Waals surface area contributed by atoms with E-state index in [1.54, 1.807) is 10.9 Å². The first-order valence-corrected chi connectivity index (χ1v) is 6.17. The van der Waals surface area contributed by atoms with Crippen molar-refractivity contribution in [2.45, 2.75) is 20.1 Å². The SMILES string of the molecule is CCOc1ccc(OCCn2cc(CO)nn2)cc1. The van der Waals surface area contributed by atoms with E-state index in [9.17, 15) is 0 Å². The number of aliphatic hydroxyl groups excluding tert-OH is 1. The van der Waals surface area contributed by atoms with Crippen LogP contribution in [-0.2, 0) is 13.2 Å². The Labute approximate surface area is 111 Å². The van der Waals surface area contributed by atoms with Gasteiger partial charge in [-0.25, -0.2) is 4.68 Å². The third-order valence-electron chi connectivity index (χ3n) is 2.47. The number of hydrogen-bond acceptors (Lipinski definition) is 5. The zero-order chi connectivity index (χ0) is 13.5. The summed E-state index contributed by atoms with van der Waals surface area (Å²) in [6, 6.07) is 7.48. The zero-order valence-electron chi connectivity index (χ0n) is 10.8. The lowest BCUT2D eigenvalue weighted by Gasteiger charge is -2.07. The Balaban J connectivity index is 1.78. The molecule has 0 saturated heterocycles. The summed E-state index contributed by atoms with van der Waals surface area (Å²) in [7, 11) is 0. The lowest BCUT2D eigenvalue weighted by molar-refractivity contribution is 0.276. The molecule has 0 aliphatic rings. The Bertz CT molecular complexity index is 496. The number of aliphatic hydroxyl groups is 1. The molecule has 2 rings (SSSR count). The quantitative estimate of drug-likeness (QED) is 0.814. The van der Waals surface area contributed by atoms with Crippen LogP contribution in [0.2, 0.25) is 0 Å². The maximum Gasteiger partial charge on any atom is 0.119 e. The number of hydrogen-bond donors (Lipinski definition) is 1. The van der Waals surface area contributed by atoms with Crippen molar-refractivity contribution in [1.82, 2.24) is 15.0 Å². The van der Waals surface area contributed by atoms with Crippen molar-refractivity contribution in [3.8, 4) is 11.5 Å². The van der Waals surface area contributed by atoms with Crippen molar-refractivity contribution in [1.29, 1.82) is 0 Å². The summed E-state index contributed by atoms with van der Waals surface area (Å²) in [6.45, 7) is 3.57. The van der Waals surface area contributed by atoms with Gasteiger partial charge in [0.2, 0.25) is 0 Å². The molecule has 0 unspecified atom stereocenters. The average Bonchev–Trinajstić information content (AvgIpc) is 2.89. The van der Waals surface area contributed by atoms with Gasteiger partial charge in [-0.1, -0.05) is 5.21 Å². The summed E-state index contributed by atoms with van der Waals surface area (Å²) in [5, 5.41) is 16.5. The molecule has 0 saturated carbocycles. The van der Waals surface area contributed by atoms with E-state index in [1.807, 2.05) is 31.2 Å². The fourth-order valence-corrected chi connectivity index (χ4v) is 1.58. The van der Waals surface area contributed by atoms with E-state index in [-0.39, 0.29) is 6.61 Å². The third kappa shape index (κ3) is 3.96. The number of benzene rings is 1. The van der Waals surface area contributed by atoms with Crippen molar-refractivity contribution in [2.75, 3.05) is 13.2 Å². The van der Waals surface area contributed by atoms with Crippen molar-refractivity contribution in [3.63, 3.8) is 0 Å². The van der Waals surface area contributed by atoms with E-state index in [0.29, 0.717) is 25.5 Å². The highest BCUT2D eigenvalue weighted by molar-refractivity contribution is 5.31. The molecule has 6 nitrogen and oxygen atoms in total. The number of rotatable bonds is 7. The van der Waals surface area contributed by atoms with E-state index in [0.717, 1.165) is 11.5 Å². The summed E-state index contributed by atoms with van der Waals surface area (Å²) in [4.78, 5) is 0. The minimum absolute atomic E-state index is 0.0975. The molecule has 2 aromatic rings. The first kappa shape index (κ1) is 13.4. The second-order valence-corrected chi connectivity index (χ2v) is 3.88. The molecule has 0 aliphatic carbocycles. The van der Waals surface area contributed by atoms with Crippen molar-refractivity contribution < 1.29 is 14.6 Å². The first-order valence-electron chi connectivity index (χ1n) is 6.17. The number of nitrogens with zero attached hydrogens (tertiary/aromatic N) is 3. The predicted molar refractivity (Wildman–Crippen MR) is 69.1 cm³/mol. The van der Waals surface area contributed by atoms with Crippen LogP contribution in [-0.4, -0.2) is 33.3 Å². The molecular formula is C13H17N3O3. The van der Waals surface area contributed by atoms with Gasteiger partial charge in [0.15, 0.2) is 0 Å². The Morgan fingerprint density at radius 1 is 1.16 bits per heavy atom. The average molecular weight is 263 g/mol. The Morgan fingerprint density at radius 3 is 2.42 bits per heavy atom. The van der Waals surface area contributed by atoms with Gasteiger partial charge in [-0.15, -0.1) is 5.10 Å². The van der Waals surface area contributed by atoms with Crippen LogP contribution in [0.15, 0.2) is 30.5 Å². The van der Waals surface area contributed by atoms with Gasteiger partial charge in [0, 0.05) is 0 Å².